The summed E-state index contributed by atoms with van der Waals surface area (Å²) in [5, 5.41) is 2.90. The maximum absolute atomic E-state index is 12.6. The van der Waals surface area contributed by atoms with Crippen LogP contribution in [0.2, 0.25) is 0 Å². The predicted molar refractivity (Wildman–Crippen MR) is 81.2 cm³/mol. The van der Waals surface area contributed by atoms with Crippen molar-refractivity contribution < 1.29 is 9.59 Å². The van der Waals surface area contributed by atoms with Gasteiger partial charge in [-0.05, 0) is 24.7 Å². The van der Waals surface area contributed by atoms with Crippen LogP contribution in [0.5, 0.6) is 0 Å². The first-order valence-corrected chi connectivity index (χ1v) is 8.03. The molecule has 2 amide bonds. The summed E-state index contributed by atoms with van der Waals surface area (Å²) in [6, 6.07) is -0.633. The topological polar surface area (TPSA) is 49.4 Å². The monoisotopic (exact) mass is 282 g/mol. The molecule has 1 N–H and O–H groups in total. The molecule has 3 unspecified atom stereocenters. The maximum atomic E-state index is 12.6. The van der Waals surface area contributed by atoms with Crippen LogP contribution in [0, 0.1) is 11.8 Å². The molecule has 1 aliphatic rings. The van der Waals surface area contributed by atoms with Crippen LogP contribution in [0.15, 0.2) is 0 Å². The second kappa shape index (κ2) is 7.65. The van der Waals surface area contributed by atoms with Crippen LogP contribution >= 0.6 is 0 Å². The number of carbonyl (C=O) groups is 2. The minimum Gasteiger partial charge on any atom is -0.342 e. The highest BCUT2D eigenvalue weighted by Gasteiger charge is 2.41. The van der Waals surface area contributed by atoms with Crippen molar-refractivity contribution in [2.45, 2.75) is 72.4 Å². The third-order valence-corrected chi connectivity index (χ3v) is 4.00. The van der Waals surface area contributed by atoms with Gasteiger partial charge in [-0.1, -0.05) is 47.5 Å². The summed E-state index contributed by atoms with van der Waals surface area (Å²) in [4.78, 5) is 26.8. The lowest BCUT2D eigenvalue weighted by Crippen LogP contribution is -2.65. The van der Waals surface area contributed by atoms with Gasteiger partial charge < -0.3 is 10.2 Å². The van der Waals surface area contributed by atoms with Crippen molar-refractivity contribution in [3.8, 4) is 0 Å². The number of rotatable bonds is 7. The Morgan fingerprint density at radius 1 is 1.15 bits per heavy atom. The SMILES string of the molecule is CCCC(C)CN1C(=O)C(CCC)NC(=O)C1C(C)C. The van der Waals surface area contributed by atoms with Gasteiger partial charge in [0, 0.05) is 6.54 Å². The van der Waals surface area contributed by atoms with Crippen molar-refractivity contribution >= 4 is 11.8 Å². The molecule has 1 saturated heterocycles. The van der Waals surface area contributed by atoms with E-state index in [-0.39, 0.29) is 29.8 Å². The summed E-state index contributed by atoms with van der Waals surface area (Å²) in [6.45, 7) is 11.1. The molecule has 0 aromatic carbocycles. The van der Waals surface area contributed by atoms with Gasteiger partial charge in [0.2, 0.25) is 11.8 Å². The van der Waals surface area contributed by atoms with Gasteiger partial charge in [-0.2, -0.15) is 0 Å². The Kier molecular flexibility index (Phi) is 6.50. The molecule has 4 heteroatoms. The molecule has 0 aromatic heterocycles. The molecule has 0 aromatic rings. The molecule has 4 nitrogen and oxygen atoms in total. The number of nitrogens with zero attached hydrogens (tertiary/aromatic N) is 1. The first-order chi connectivity index (χ1) is 9.42. The Bertz CT molecular complexity index is 341. The van der Waals surface area contributed by atoms with Crippen LogP contribution in [0.4, 0.5) is 0 Å². The number of nitrogens with one attached hydrogen (secondary N) is 1. The van der Waals surface area contributed by atoms with Crippen LogP contribution in [-0.4, -0.2) is 35.3 Å². The standard InChI is InChI=1S/C16H30N2O2/c1-6-8-12(5)10-18-14(11(3)4)15(19)17-13(9-7-2)16(18)20/h11-14H,6-10H2,1-5H3,(H,17,19). The fourth-order valence-electron chi connectivity index (χ4n) is 3.07. The van der Waals surface area contributed by atoms with E-state index in [0.29, 0.717) is 12.5 Å². The van der Waals surface area contributed by atoms with Crippen molar-refractivity contribution in [3.05, 3.63) is 0 Å². The summed E-state index contributed by atoms with van der Waals surface area (Å²) in [5.74, 6) is 0.712. The summed E-state index contributed by atoms with van der Waals surface area (Å²) in [7, 11) is 0. The van der Waals surface area contributed by atoms with Crippen molar-refractivity contribution in [2.75, 3.05) is 6.54 Å². The van der Waals surface area contributed by atoms with Gasteiger partial charge in [-0.15, -0.1) is 0 Å². The van der Waals surface area contributed by atoms with Gasteiger partial charge in [0.25, 0.3) is 0 Å². The molecule has 0 spiro atoms. The van der Waals surface area contributed by atoms with Gasteiger partial charge in [-0.25, -0.2) is 0 Å². The van der Waals surface area contributed by atoms with Gasteiger partial charge in [0.1, 0.15) is 12.1 Å². The highest BCUT2D eigenvalue weighted by atomic mass is 16.2. The quantitative estimate of drug-likeness (QED) is 0.780. The molecule has 20 heavy (non-hydrogen) atoms. The number of carbonyl (C=O) groups excluding carboxylic acids is 2. The molecule has 0 bridgehead atoms. The van der Waals surface area contributed by atoms with Crippen LogP contribution in [0.25, 0.3) is 0 Å². The van der Waals surface area contributed by atoms with Gasteiger partial charge in [0.15, 0.2) is 0 Å². The van der Waals surface area contributed by atoms with E-state index >= 15 is 0 Å². The third kappa shape index (κ3) is 3.97. The summed E-state index contributed by atoms with van der Waals surface area (Å²) >= 11 is 0. The molecule has 3 atom stereocenters. The van der Waals surface area contributed by atoms with Crippen LogP contribution in [0.3, 0.4) is 0 Å². The van der Waals surface area contributed by atoms with E-state index in [1.54, 1.807) is 0 Å². The summed E-state index contributed by atoms with van der Waals surface area (Å²) < 4.78 is 0. The number of piperazine rings is 1. The van der Waals surface area contributed by atoms with E-state index in [2.05, 4.69) is 19.2 Å². The van der Waals surface area contributed by atoms with Crippen molar-refractivity contribution in [2.24, 2.45) is 11.8 Å². The number of hydrogen-bond acceptors (Lipinski definition) is 2. The Morgan fingerprint density at radius 2 is 1.80 bits per heavy atom. The minimum atomic E-state index is -0.323. The molecule has 0 aliphatic carbocycles. The zero-order valence-electron chi connectivity index (χ0n) is 13.6. The van der Waals surface area contributed by atoms with Crippen molar-refractivity contribution in [1.82, 2.24) is 10.2 Å². The molecule has 1 fully saturated rings. The Hall–Kier alpha value is -1.06. The van der Waals surface area contributed by atoms with Crippen molar-refractivity contribution in [1.29, 1.82) is 0 Å². The molecule has 1 rings (SSSR count). The second-order valence-corrected chi connectivity index (χ2v) is 6.42. The Morgan fingerprint density at radius 3 is 2.30 bits per heavy atom. The lowest BCUT2D eigenvalue weighted by Gasteiger charge is -2.42. The van der Waals surface area contributed by atoms with E-state index in [1.165, 1.54) is 0 Å². The van der Waals surface area contributed by atoms with E-state index < -0.39 is 0 Å². The van der Waals surface area contributed by atoms with Gasteiger partial charge in [0.05, 0.1) is 0 Å². The summed E-state index contributed by atoms with van der Waals surface area (Å²) in [5.41, 5.74) is 0. The fraction of sp³-hybridized carbons (Fsp3) is 0.875. The highest BCUT2D eigenvalue weighted by Crippen LogP contribution is 2.21. The normalized spacial score (nSPS) is 25.0. The zero-order valence-corrected chi connectivity index (χ0v) is 13.6. The largest absolute Gasteiger partial charge is 0.342 e. The van der Waals surface area contributed by atoms with E-state index in [0.717, 1.165) is 25.7 Å². The summed E-state index contributed by atoms with van der Waals surface area (Å²) in [6.07, 6.45) is 3.84. The van der Waals surface area contributed by atoms with Crippen LogP contribution in [-0.2, 0) is 9.59 Å². The zero-order chi connectivity index (χ0) is 15.3. The Labute approximate surface area is 123 Å². The molecule has 1 aliphatic heterocycles. The van der Waals surface area contributed by atoms with Crippen molar-refractivity contribution in [3.63, 3.8) is 0 Å². The minimum absolute atomic E-state index is 0.0155. The first kappa shape index (κ1) is 17.0. The highest BCUT2D eigenvalue weighted by molar-refractivity contribution is 5.97. The van der Waals surface area contributed by atoms with E-state index in [4.69, 9.17) is 0 Å². The average molecular weight is 282 g/mol. The van der Waals surface area contributed by atoms with Crippen LogP contribution in [0.1, 0.15) is 60.3 Å². The lowest BCUT2D eigenvalue weighted by atomic mass is 9.93. The maximum Gasteiger partial charge on any atom is 0.245 e. The predicted octanol–water partition coefficient (Wildman–Crippen LogP) is 2.57. The average Bonchev–Trinajstić information content (AvgIpc) is 2.35. The molecule has 116 valence electrons. The van der Waals surface area contributed by atoms with Crippen LogP contribution < -0.4 is 5.32 Å². The van der Waals surface area contributed by atoms with Gasteiger partial charge >= 0.3 is 0 Å². The molecular weight excluding hydrogens is 252 g/mol. The molecular formula is C16H30N2O2. The number of hydrogen-bond donors (Lipinski definition) is 1. The second-order valence-electron chi connectivity index (χ2n) is 6.42. The fourth-order valence-corrected chi connectivity index (χ4v) is 3.07. The Balaban J connectivity index is 2.89. The third-order valence-electron chi connectivity index (χ3n) is 4.00. The van der Waals surface area contributed by atoms with E-state index in [9.17, 15) is 9.59 Å². The lowest BCUT2D eigenvalue weighted by molar-refractivity contribution is -0.152. The van der Waals surface area contributed by atoms with E-state index in [1.807, 2.05) is 25.7 Å². The smallest absolute Gasteiger partial charge is 0.245 e. The molecule has 0 radical (unpaired) electrons. The first-order valence-electron chi connectivity index (χ1n) is 8.03. The van der Waals surface area contributed by atoms with Gasteiger partial charge in [-0.3, -0.25) is 9.59 Å². The molecule has 0 saturated carbocycles. The number of amides is 2. The molecule has 1 heterocycles.